The van der Waals surface area contributed by atoms with E-state index in [0.29, 0.717) is 5.56 Å². The van der Waals surface area contributed by atoms with E-state index >= 15 is 0 Å². The minimum atomic E-state index is -4.41. The summed E-state index contributed by atoms with van der Waals surface area (Å²) in [4.78, 5) is -0.377. The molecule has 15 heavy (non-hydrogen) atoms. The normalized spacial score (nSPS) is 13.5. The van der Waals surface area contributed by atoms with Gasteiger partial charge in [0.05, 0.1) is 0 Å². The lowest BCUT2D eigenvalue weighted by Crippen LogP contribution is -2.06. The smallest absolute Gasteiger partial charge is 0.282 e. The van der Waals surface area contributed by atoms with Crippen molar-refractivity contribution in [3.05, 3.63) is 42.0 Å². The summed E-state index contributed by atoms with van der Waals surface area (Å²) in [5.74, 6) is 0. The van der Waals surface area contributed by atoms with Crippen LogP contribution in [0.2, 0.25) is 0 Å². The summed E-state index contributed by atoms with van der Waals surface area (Å²) in [6.45, 7) is 4.73. The Balaban J connectivity index is 3.54. The Morgan fingerprint density at radius 3 is 2.60 bits per heavy atom. The van der Waals surface area contributed by atoms with Crippen LogP contribution >= 0.6 is 0 Å². The fourth-order valence-electron chi connectivity index (χ4n) is 1.37. The van der Waals surface area contributed by atoms with E-state index in [1.54, 1.807) is 0 Å². The predicted octanol–water partition coefficient (Wildman–Crippen LogP) is 2.44. The molecule has 1 aromatic rings. The molecule has 1 aromatic carbocycles. The average molecular weight is 230 g/mol. The molecule has 0 amide bonds. The van der Waals surface area contributed by atoms with E-state index in [2.05, 4.69) is 6.58 Å². The van der Waals surface area contributed by atoms with Crippen molar-refractivity contribution in [2.45, 2.75) is 18.0 Å². The minimum Gasteiger partial charge on any atom is -0.282 e. The topological polar surface area (TPSA) is 54.4 Å². The molecule has 0 radical (unpaired) electrons. The minimum absolute atomic E-state index is 0.0903. The van der Waals surface area contributed by atoms with Gasteiger partial charge in [0.1, 0.15) is 11.1 Å². The van der Waals surface area contributed by atoms with Crippen molar-refractivity contribution >= 4 is 10.1 Å². The van der Waals surface area contributed by atoms with Gasteiger partial charge in [-0.1, -0.05) is 30.9 Å². The quantitative estimate of drug-likeness (QED) is 0.641. The average Bonchev–Trinajstić information content (AvgIpc) is 2.14. The summed E-state index contributed by atoms with van der Waals surface area (Å²) >= 11 is 0. The second-order valence-corrected chi connectivity index (χ2v) is 4.46. The number of halogens is 1. The highest BCUT2D eigenvalue weighted by atomic mass is 32.2. The van der Waals surface area contributed by atoms with Crippen LogP contribution in [-0.4, -0.2) is 13.0 Å². The lowest BCUT2D eigenvalue weighted by atomic mass is 10.1. The van der Waals surface area contributed by atoms with E-state index in [4.69, 9.17) is 4.55 Å². The van der Waals surface area contributed by atoms with Gasteiger partial charge in [0, 0.05) is 5.56 Å². The first-order valence-electron chi connectivity index (χ1n) is 4.21. The van der Waals surface area contributed by atoms with E-state index in [-0.39, 0.29) is 10.5 Å². The van der Waals surface area contributed by atoms with E-state index in [9.17, 15) is 12.8 Å². The number of hydrogen-bond donors (Lipinski definition) is 1. The monoisotopic (exact) mass is 230 g/mol. The largest absolute Gasteiger partial charge is 0.295 e. The van der Waals surface area contributed by atoms with Crippen molar-refractivity contribution in [3.8, 4) is 0 Å². The zero-order valence-corrected chi connectivity index (χ0v) is 8.96. The Bertz CT molecular complexity index is 479. The number of alkyl halides is 1. The second-order valence-electron chi connectivity index (χ2n) is 3.11. The van der Waals surface area contributed by atoms with E-state index in [0.717, 1.165) is 6.08 Å². The van der Waals surface area contributed by atoms with Crippen LogP contribution in [0.1, 0.15) is 17.3 Å². The molecule has 0 bridgehead atoms. The first kappa shape index (κ1) is 11.9. The summed E-state index contributed by atoms with van der Waals surface area (Å²) < 4.78 is 44.4. The van der Waals surface area contributed by atoms with Crippen molar-refractivity contribution < 1.29 is 17.4 Å². The molecule has 5 heteroatoms. The predicted molar refractivity (Wildman–Crippen MR) is 55.0 cm³/mol. The van der Waals surface area contributed by atoms with Gasteiger partial charge < -0.3 is 0 Å². The van der Waals surface area contributed by atoms with Crippen LogP contribution in [0.3, 0.4) is 0 Å². The van der Waals surface area contributed by atoms with Crippen LogP contribution in [0.15, 0.2) is 35.7 Å². The molecule has 1 unspecified atom stereocenters. The maximum Gasteiger partial charge on any atom is 0.295 e. The Labute approximate surface area is 88.0 Å². The van der Waals surface area contributed by atoms with Gasteiger partial charge in [-0.25, -0.2) is 4.39 Å². The highest BCUT2D eigenvalue weighted by Crippen LogP contribution is 2.28. The number of benzene rings is 1. The molecule has 0 heterocycles. The van der Waals surface area contributed by atoms with Gasteiger partial charge in [-0.3, -0.25) is 4.55 Å². The molecule has 0 saturated heterocycles. The molecule has 0 aliphatic carbocycles. The summed E-state index contributed by atoms with van der Waals surface area (Å²) in [7, 11) is -4.41. The molecule has 1 atom stereocenters. The van der Waals surface area contributed by atoms with Gasteiger partial charge in [-0.15, -0.1) is 0 Å². The van der Waals surface area contributed by atoms with Gasteiger partial charge in [0.25, 0.3) is 10.1 Å². The van der Waals surface area contributed by atoms with Gasteiger partial charge in [0.15, 0.2) is 0 Å². The molecule has 0 aromatic heterocycles. The highest BCUT2D eigenvalue weighted by molar-refractivity contribution is 7.86. The van der Waals surface area contributed by atoms with Crippen LogP contribution in [0.25, 0.3) is 0 Å². The Morgan fingerprint density at radius 2 is 2.13 bits per heavy atom. The number of hydrogen-bond acceptors (Lipinski definition) is 2. The fourth-order valence-corrected chi connectivity index (χ4v) is 2.33. The summed E-state index contributed by atoms with van der Waals surface area (Å²) in [5.41, 5.74) is 0.215. The van der Waals surface area contributed by atoms with Gasteiger partial charge in [-0.2, -0.15) is 8.42 Å². The molecular weight excluding hydrogens is 219 g/mol. The molecule has 82 valence electrons. The number of allylic oxidation sites excluding steroid dienone is 1. The number of aryl methyl sites for hydroxylation is 1. The zero-order valence-electron chi connectivity index (χ0n) is 8.14. The lowest BCUT2D eigenvalue weighted by Gasteiger charge is -2.10. The fraction of sp³-hybridized carbons (Fsp3) is 0.200. The van der Waals surface area contributed by atoms with Crippen molar-refractivity contribution in [3.63, 3.8) is 0 Å². The summed E-state index contributed by atoms with van der Waals surface area (Å²) in [6, 6.07) is 4.32. The van der Waals surface area contributed by atoms with Crippen LogP contribution in [0.5, 0.6) is 0 Å². The van der Waals surface area contributed by atoms with Crippen molar-refractivity contribution in [2.24, 2.45) is 0 Å². The van der Waals surface area contributed by atoms with E-state index < -0.39 is 16.3 Å². The summed E-state index contributed by atoms with van der Waals surface area (Å²) in [6.07, 6.45) is -0.634. The van der Waals surface area contributed by atoms with Crippen molar-refractivity contribution in [1.29, 1.82) is 0 Å². The molecule has 1 N–H and O–H groups in total. The van der Waals surface area contributed by atoms with Crippen molar-refractivity contribution in [2.75, 3.05) is 0 Å². The third-order valence-corrected chi connectivity index (χ3v) is 3.08. The maximum absolute atomic E-state index is 13.3. The number of rotatable bonds is 3. The third-order valence-electron chi connectivity index (χ3n) is 2.00. The van der Waals surface area contributed by atoms with E-state index in [1.165, 1.54) is 25.1 Å². The molecule has 0 aliphatic heterocycles. The Morgan fingerprint density at radius 1 is 1.53 bits per heavy atom. The van der Waals surface area contributed by atoms with Crippen LogP contribution in [-0.2, 0) is 10.1 Å². The van der Waals surface area contributed by atoms with Crippen LogP contribution < -0.4 is 0 Å². The molecule has 0 fully saturated rings. The molecule has 0 aliphatic rings. The Hall–Kier alpha value is -1.20. The third kappa shape index (κ3) is 2.43. The second kappa shape index (κ2) is 4.12. The summed E-state index contributed by atoms with van der Waals surface area (Å²) in [5, 5.41) is 0. The molecule has 3 nitrogen and oxygen atoms in total. The standard InChI is InChI=1S/C10H11FO3S/c1-3-9(11)8-6-4-5-7(2)10(8)15(12,13)14/h3-6,9H,1H2,2H3,(H,12,13,14). The SMILES string of the molecule is C=CC(F)c1cccc(C)c1S(=O)(=O)O. The highest BCUT2D eigenvalue weighted by Gasteiger charge is 2.21. The van der Waals surface area contributed by atoms with Crippen LogP contribution in [0, 0.1) is 6.92 Å². The molecule has 1 rings (SSSR count). The molecule has 0 saturated carbocycles. The van der Waals surface area contributed by atoms with Gasteiger partial charge in [0.2, 0.25) is 0 Å². The first-order valence-corrected chi connectivity index (χ1v) is 5.65. The van der Waals surface area contributed by atoms with Gasteiger partial charge >= 0.3 is 0 Å². The zero-order chi connectivity index (χ0) is 11.6. The molecular formula is C10H11FO3S. The maximum atomic E-state index is 13.3. The van der Waals surface area contributed by atoms with E-state index in [1.807, 2.05) is 0 Å². The van der Waals surface area contributed by atoms with Crippen molar-refractivity contribution in [1.82, 2.24) is 0 Å². The van der Waals surface area contributed by atoms with Crippen LogP contribution in [0.4, 0.5) is 4.39 Å². The lowest BCUT2D eigenvalue weighted by molar-refractivity contribution is 0.405. The van der Waals surface area contributed by atoms with Gasteiger partial charge in [-0.05, 0) is 12.5 Å². The molecule has 0 spiro atoms. The Kier molecular flexibility index (Phi) is 3.26. The first-order chi connectivity index (χ1) is 6.88.